The molecule has 0 aliphatic heterocycles. The van der Waals surface area contributed by atoms with Crippen LogP contribution in [0.2, 0.25) is 0 Å². The van der Waals surface area contributed by atoms with Crippen LogP contribution in [-0.4, -0.2) is 29.0 Å². The summed E-state index contributed by atoms with van der Waals surface area (Å²) in [5, 5.41) is 17.5. The van der Waals surface area contributed by atoms with Crippen molar-refractivity contribution in [2.24, 2.45) is 0 Å². The van der Waals surface area contributed by atoms with Gasteiger partial charge in [-0.15, -0.1) is 0 Å². The van der Waals surface area contributed by atoms with E-state index in [0.717, 1.165) is 0 Å². The molecule has 0 spiro atoms. The lowest BCUT2D eigenvalue weighted by Crippen LogP contribution is -2.31. The molecule has 1 rings (SSSR count). The van der Waals surface area contributed by atoms with E-state index in [1.54, 1.807) is 0 Å². The highest BCUT2D eigenvalue weighted by atomic mass is 19.1. The van der Waals surface area contributed by atoms with Crippen molar-refractivity contribution >= 4 is 12.6 Å². The van der Waals surface area contributed by atoms with Crippen molar-refractivity contribution in [3.05, 3.63) is 18.3 Å². The topological polar surface area (TPSA) is 62.6 Å². The number of aromatic nitrogens is 1. The van der Waals surface area contributed by atoms with Gasteiger partial charge < -0.3 is 14.8 Å². The highest BCUT2D eigenvalue weighted by Gasteiger charge is 2.17. The van der Waals surface area contributed by atoms with Gasteiger partial charge >= 0.3 is 7.12 Å². The Labute approximate surface area is 68.8 Å². The Kier molecular flexibility index (Phi) is 3.01. The molecule has 64 valence electrons. The Morgan fingerprint density at radius 3 is 2.92 bits per heavy atom. The number of hydrogen-bond acceptors (Lipinski definition) is 4. The summed E-state index contributed by atoms with van der Waals surface area (Å²) in [6.45, 7) is -1.04. The first-order valence-electron chi connectivity index (χ1n) is 3.25. The highest BCUT2D eigenvalue weighted by Crippen LogP contribution is 2.01. The zero-order valence-corrected chi connectivity index (χ0v) is 6.14. The van der Waals surface area contributed by atoms with Gasteiger partial charge in [-0.2, -0.15) is 0 Å². The molecule has 0 saturated heterocycles. The van der Waals surface area contributed by atoms with Crippen molar-refractivity contribution in [3.63, 3.8) is 0 Å². The van der Waals surface area contributed by atoms with Crippen molar-refractivity contribution in [2.75, 3.05) is 6.86 Å². The van der Waals surface area contributed by atoms with Crippen LogP contribution in [0.1, 0.15) is 0 Å². The molecule has 2 N–H and O–H groups in total. The van der Waals surface area contributed by atoms with Crippen LogP contribution in [-0.2, 0) is 0 Å². The predicted molar refractivity (Wildman–Crippen MR) is 40.7 cm³/mol. The third-order valence-electron chi connectivity index (χ3n) is 1.27. The molecule has 0 amide bonds. The summed E-state index contributed by atoms with van der Waals surface area (Å²) < 4.78 is 16.1. The lowest BCUT2D eigenvalue weighted by molar-refractivity contribution is 0.186. The second-order valence-corrected chi connectivity index (χ2v) is 2.02. The molecule has 0 aliphatic carbocycles. The van der Waals surface area contributed by atoms with E-state index in [1.807, 2.05) is 0 Å². The maximum Gasteiger partial charge on any atom is 0.494 e. The molecule has 4 nitrogen and oxygen atoms in total. The van der Waals surface area contributed by atoms with E-state index in [2.05, 4.69) is 9.72 Å². The molecule has 0 unspecified atom stereocenters. The van der Waals surface area contributed by atoms with Crippen molar-refractivity contribution in [1.82, 2.24) is 4.98 Å². The van der Waals surface area contributed by atoms with Gasteiger partial charge in [0.15, 0.2) is 0 Å². The molecular weight excluding hydrogens is 164 g/mol. The SMILES string of the molecule is OB(O)c1cccnc1OCF. The van der Waals surface area contributed by atoms with Gasteiger partial charge in [-0.05, 0) is 6.07 Å². The van der Waals surface area contributed by atoms with E-state index in [-0.39, 0.29) is 11.3 Å². The monoisotopic (exact) mass is 171 g/mol. The molecular formula is C6H7BFNO3. The normalized spacial score (nSPS) is 9.58. The molecule has 1 aromatic rings. The molecule has 0 saturated carbocycles. The molecule has 0 aliphatic rings. The molecule has 0 radical (unpaired) electrons. The first kappa shape index (κ1) is 8.96. The fraction of sp³-hybridized carbons (Fsp3) is 0.167. The van der Waals surface area contributed by atoms with E-state index in [4.69, 9.17) is 10.0 Å². The number of pyridine rings is 1. The van der Waals surface area contributed by atoms with Crippen molar-refractivity contribution in [1.29, 1.82) is 0 Å². The summed E-state index contributed by atoms with van der Waals surface area (Å²) in [7, 11) is -1.69. The number of rotatable bonds is 3. The van der Waals surface area contributed by atoms with Gasteiger partial charge in [0, 0.05) is 11.7 Å². The maximum absolute atomic E-state index is 11.7. The van der Waals surface area contributed by atoms with Gasteiger partial charge in [-0.1, -0.05) is 6.07 Å². The molecule has 0 fully saturated rings. The quantitative estimate of drug-likeness (QED) is 0.576. The molecule has 1 heterocycles. The summed E-state index contributed by atoms with van der Waals surface area (Å²) in [4.78, 5) is 3.61. The summed E-state index contributed by atoms with van der Waals surface area (Å²) >= 11 is 0. The van der Waals surface area contributed by atoms with Crippen LogP contribution in [0.15, 0.2) is 18.3 Å². The first-order chi connectivity index (χ1) is 5.75. The summed E-state index contributed by atoms with van der Waals surface area (Å²) in [5.41, 5.74) is 0.0511. The zero-order chi connectivity index (χ0) is 8.97. The molecule has 12 heavy (non-hydrogen) atoms. The van der Waals surface area contributed by atoms with Crippen LogP contribution in [0.3, 0.4) is 0 Å². The Balaban J connectivity index is 2.92. The van der Waals surface area contributed by atoms with Crippen molar-refractivity contribution < 1.29 is 19.2 Å². The predicted octanol–water partition coefficient (Wildman–Crippen LogP) is -0.933. The second kappa shape index (κ2) is 4.03. The summed E-state index contributed by atoms with van der Waals surface area (Å²) in [6, 6.07) is 2.89. The van der Waals surface area contributed by atoms with Crippen molar-refractivity contribution in [2.45, 2.75) is 0 Å². The standard InChI is InChI=1S/C6H7BFNO3/c8-4-12-6-5(7(10)11)2-1-3-9-6/h1-3,10-11H,4H2. The molecule has 0 aromatic carbocycles. The summed E-state index contributed by atoms with van der Waals surface area (Å²) in [5.74, 6) is -0.102. The molecule has 0 atom stereocenters. The largest absolute Gasteiger partial charge is 0.494 e. The van der Waals surface area contributed by atoms with E-state index in [1.165, 1.54) is 18.3 Å². The van der Waals surface area contributed by atoms with E-state index < -0.39 is 14.0 Å². The van der Waals surface area contributed by atoms with Crippen LogP contribution in [0.5, 0.6) is 5.88 Å². The number of halogens is 1. The molecule has 6 heteroatoms. The minimum absolute atomic E-state index is 0.0511. The number of nitrogens with zero attached hydrogens (tertiary/aromatic N) is 1. The van der Waals surface area contributed by atoms with Crippen LogP contribution >= 0.6 is 0 Å². The third-order valence-corrected chi connectivity index (χ3v) is 1.27. The number of hydrogen-bond donors (Lipinski definition) is 2. The average molecular weight is 171 g/mol. The van der Waals surface area contributed by atoms with Crippen molar-refractivity contribution in [3.8, 4) is 5.88 Å². The zero-order valence-electron chi connectivity index (χ0n) is 6.14. The van der Waals surface area contributed by atoms with Gasteiger partial charge in [0.2, 0.25) is 12.7 Å². The lowest BCUT2D eigenvalue weighted by Gasteiger charge is -2.05. The van der Waals surface area contributed by atoms with E-state index in [9.17, 15) is 4.39 Å². The molecule has 0 bridgehead atoms. The minimum Gasteiger partial charge on any atom is -0.446 e. The van der Waals surface area contributed by atoms with E-state index >= 15 is 0 Å². The van der Waals surface area contributed by atoms with Gasteiger partial charge in [-0.3, -0.25) is 0 Å². The second-order valence-electron chi connectivity index (χ2n) is 2.02. The van der Waals surface area contributed by atoms with Crippen LogP contribution in [0.4, 0.5) is 4.39 Å². The Hall–Kier alpha value is -1.14. The number of ether oxygens (including phenoxy) is 1. The highest BCUT2D eigenvalue weighted by molar-refractivity contribution is 6.59. The van der Waals surface area contributed by atoms with Gasteiger partial charge in [0.05, 0.1) is 0 Å². The maximum atomic E-state index is 11.7. The fourth-order valence-electron chi connectivity index (χ4n) is 0.772. The Morgan fingerprint density at radius 2 is 2.33 bits per heavy atom. The minimum atomic E-state index is -1.69. The van der Waals surface area contributed by atoms with Gasteiger partial charge in [0.1, 0.15) is 0 Å². The van der Waals surface area contributed by atoms with Gasteiger partial charge in [-0.25, -0.2) is 9.37 Å². The lowest BCUT2D eigenvalue weighted by atomic mass is 9.81. The summed E-state index contributed by atoms with van der Waals surface area (Å²) in [6.07, 6.45) is 1.37. The molecule has 1 aromatic heterocycles. The third kappa shape index (κ3) is 1.93. The van der Waals surface area contributed by atoms with Crippen LogP contribution in [0.25, 0.3) is 0 Å². The van der Waals surface area contributed by atoms with Gasteiger partial charge in [0.25, 0.3) is 0 Å². The number of alkyl halides is 1. The van der Waals surface area contributed by atoms with E-state index in [0.29, 0.717) is 0 Å². The average Bonchev–Trinajstić information content (AvgIpc) is 2.05. The van der Waals surface area contributed by atoms with Crippen LogP contribution in [0, 0.1) is 0 Å². The Morgan fingerprint density at radius 1 is 1.58 bits per heavy atom. The fourth-order valence-corrected chi connectivity index (χ4v) is 0.772. The van der Waals surface area contributed by atoms with Crippen LogP contribution < -0.4 is 10.2 Å². The first-order valence-corrected chi connectivity index (χ1v) is 3.25. The Bertz CT molecular complexity index is 258. The smallest absolute Gasteiger partial charge is 0.446 e.